The first-order chi connectivity index (χ1) is 8.66. The average molecular weight is 240 g/mol. The molecule has 1 heterocycles. The Morgan fingerprint density at radius 2 is 1.78 bits per heavy atom. The van der Waals surface area contributed by atoms with E-state index < -0.39 is 0 Å². The Morgan fingerprint density at radius 1 is 0.944 bits per heavy atom. The fraction of sp³-hybridized carbons (Fsp3) is 0.312. The summed E-state index contributed by atoms with van der Waals surface area (Å²) in [6.07, 6.45) is 3.76. The maximum absolute atomic E-state index is 4.10. The number of pyridine rings is 1. The topological polar surface area (TPSA) is 24.9 Å². The SMILES string of the molecule is Cc1ccc(CNCc2ccncc2C)cc1C. The van der Waals surface area contributed by atoms with Crippen LogP contribution < -0.4 is 5.32 Å². The number of hydrogen-bond acceptors (Lipinski definition) is 2. The number of aromatic nitrogens is 1. The third-order valence-corrected chi connectivity index (χ3v) is 3.35. The van der Waals surface area contributed by atoms with Crippen LogP contribution >= 0.6 is 0 Å². The van der Waals surface area contributed by atoms with Crippen molar-refractivity contribution in [3.8, 4) is 0 Å². The van der Waals surface area contributed by atoms with Gasteiger partial charge in [0, 0.05) is 25.5 Å². The van der Waals surface area contributed by atoms with Gasteiger partial charge in [-0.15, -0.1) is 0 Å². The minimum Gasteiger partial charge on any atom is -0.309 e. The number of hydrogen-bond donors (Lipinski definition) is 1. The zero-order valence-electron chi connectivity index (χ0n) is 11.3. The number of aryl methyl sites for hydroxylation is 3. The molecule has 0 atom stereocenters. The maximum atomic E-state index is 4.10. The Kier molecular flexibility index (Phi) is 4.11. The average Bonchev–Trinajstić information content (AvgIpc) is 2.36. The predicted molar refractivity (Wildman–Crippen MR) is 75.4 cm³/mol. The first-order valence-electron chi connectivity index (χ1n) is 6.33. The second-order valence-electron chi connectivity index (χ2n) is 4.82. The van der Waals surface area contributed by atoms with Crippen LogP contribution in [-0.4, -0.2) is 4.98 Å². The third-order valence-electron chi connectivity index (χ3n) is 3.35. The molecule has 2 nitrogen and oxygen atoms in total. The van der Waals surface area contributed by atoms with Crippen LogP contribution in [0, 0.1) is 20.8 Å². The molecule has 0 unspecified atom stereocenters. The lowest BCUT2D eigenvalue weighted by molar-refractivity contribution is 0.689. The molecule has 0 bridgehead atoms. The second kappa shape index (κ2) is 5.78. The minimum absolute atomic E-state index is 0.890. The molecule has 1 aromatic carbocycles. The van der Waals surface area contributed by atoms with Crippen LogP contribution in [0.15, 0.2) is 36.7 Å². The van der Waals surface area contributed by atoms with Gasteiger partial charge in [0.15, 0.2) is 0 Å². The largest absolute Gasteiger partial charge is 0.309 e. The normalized spacial score (nSPS) is 10.6. The van der Waals surface area contributed by atoms with Crippen molar-refractivity contribution in [2.24, 2.45) is 0 Å². The fourth-order valence-corrected chi connectivity index (χ4v) is 1.96. The molecule has 0 radical (unpaired) electrons. The number of benzene rings is 1. The lowest BCUT2D eigenvalue weighted by Crippen LogP contribution is -2.13. The molecule has 18 heavy (non-hydrogen) atoms. The van der Waals surface area contributed by atoms with Gasteiger partial charge in [-0.1, -0.05) is 18.2 Å². The van der Waals surface area contributed by atoms with E-state index in [-0.39, 0.29) is 0 Å². The summed E-state index contributed by atoms with van der Waals surface area (Å²) < 4.78 is 0. The van der Waals surface area contributed by atoms with E-state index in [9.17, 15) is 0 Å². The van der Waals surface area contributed by atoms with Gasteiger partial charge in [0.1, 0.15) is 0 Å². The van der Waals surface area contributed by atoms with Crippen LogP contribution in [-0.2, 0) is 13.1 Å². The third kappa shape index (κ3) is 3.17. The van der Waals surface area contributed by atoms with Gasteiger partial charge in [0.25, 0.3) is 0 Å². The lowest BCUT2D eigenvalue weighted by Gasteiger charge is -2.09. The summed E-state index contributed by atoms with van der Waals surface area (Å²) in [5, 5.41) is 3.48. The molecule has 94 valence electrons. The van der Waals surface area contributed by atoms with Crippen molar-refractivity contribution in [1.82, 2.24) is 10.3 Å². The molecule has 1 aromatic heterocycles. The van der Waals surface area contributed by atoms with Crippen molar-refractivity contribution in [2.45, 2.75) is 33.9 Å². The standard InChI is InChI=1S/C16H20N2/c1-12-4-5-15(8-13(12)2)10-18-11-16-6-7-17-9-14(16)3/h4-9,18H,10-11H2,1-3H3. The van der Waals surface area contributed by atoms with Gasteiger partial charge in [-0.2, -0.15) is 0 Å². The molecule has 0 saturated carbocycles. The Labute approximate surface area is 109 Å². The summed E-state index contributed by atoms with van der Waals surface area (Å²) in [5.74, 6) is 0. The van der Waals surface area contributed by atoms with Gasteiger partial charge >= 0.3 is 0 Å². The highest BCUT2D eigenvalue weighted by Gasteiger charge is 1.99. The predicted octanol–water partition coefficient (Wildman–Crippen LogP) is 3.30. The Hall–Kier alpha value is -1.67. The van der Waals surface area contributed by atoms with E-state index in [0.29, 0.717) is 0 Å². The van der Waals surface area contributed by atoms with E-state index in [4.69, 9.17) is 0 Å². The van der Waals surface area contributed by atoms with E-state index >= 15 is 0 Å². The monoisotopic (exact) mass is 240 g/mol. The van der Waals surface area contributed by atoms with Crippen molar-refractivity contribution in [3.63, 3.8) is 0 Å². The Bertz CT molecular complexity index is 532. The molecular weight excluding hydrogens is 220 g/mol. The fourth-order valence-electron chi connectivity index (χ4n) is 1.96. The smallest absolute Gasteiger partial charge is 0.0300 e. The lowest BCUT2D eigenvalue weighted by atomic mass is 10.1. The molecule has 0 fully saturated rings. The molecule has 0 spiro atoms. The van der Waals surface area contributed by atoms with Crippen LogP contribution in [0.3, 0.4) is 0 Å². The van der Waals surface area contributed by atoms with Crippen molar-refractivity contribution >= 4 is 0 Å². The molecule has 0 aliphatic carbocycles. The first kappa shape index (κ1) is 12.8. The summed E-state index contributed by atoms with van der Waals surface area (Å²) >= 11 is 0. The number of rotatable bonds is 4. The molecule has 2 heteroatoms. The van der Waals surface area contributed by atoms with Gasteiger partial charge in [-0.3, -0.25) is 4.98 Å². The summed E-state index contributed by atoms with van der Waals surface area (Å²) in [6, 6.07) is 8.70. The Balaban J connectivity index is 1.92. The highest BCUT2D eigenvalue weighted by Crippen LogP contribution is 2.10. The van der Waals surface area contributed by atoms with E-state index in [1.807, 2.05) is 12.4 Å². The first-order valence-corrected chi connectivity index (χ1v) is 6.33. The molecule has 0 aliphatic rings. The highest BCUT2D eigenvalue weighted by atomic mass is 14.8. The summed E-state index contributed by atoms with van der Waals surface area (Å²) in [4.78, 5) is 4.10. The van der Waals surface area contributed by atoms with E-state index in [2.05, 4.69) is 55.3 Å². The zero-order valence-corrected chi connectivity index (χ0v) is 11.3. The summed E-state index contributed by atoms with van der Waals surface area (Å²) in [5.41, 5.74) is 6.60. The van der Waals surface area contributed by atoms with Crippen molar-refractivity contribution < 1.29 is 0 Å². The molecule has 1 N–H and O–H groups in total. The summed E-state index contributed by atoms with van der Waals surface area (Å²) in [7, 11) is 0. The van der Waals surface area contributed by atoms with E-state index in [1.54, 1.807) is 0 Å². The highest BCUT2D eigenvalue weighted by molar-refractivity contribution is 5.30. The van der Waals surface area contributed by atoms with Gasteiger partial charge in [-0.25, -0.2) is 0 Å². The van der Waals surface area contributed by atoms with Gasteiger partial charge < -0.3 is 5.32 Å². The molecular formula is C16H20N2. The summed E-state index contributed by atoms with van der Waals surface area (Å²) in [6.45, 7) is 8.20. The van der Waals surface area contributed by atoms with Crippen LogP contribution in [0.1, 0.15) is 27.8 Å². The molecule has 2 aromatic rings. The van der Waals surface area contributed by atoms with Crippen molar-refractivity contribution in [2.75, 3.05) is 0 Å². The van der Waals surface area contributed by atoms with Crippen LogP contribution in [0.5, 0.6) is 0 Å². The maximum Gasteiger partial charge on any atom is 0.0300 e. The van der Waals surface area contributed by atoms with E-state index in [0.717, 1.165) is 13.1 Å². The zero-order chi connectivity index (χ0) is 13.0. The Morgan fingerprint density at radius 3 is 2.50 bits per heavy atom. The number of nitrogens with zero attached hydrogens (tertiary/aromatic N) is 1. The van der Waals surface area contributed by atoms with Crippen LogP contribution in [0.25, 0.3) is 0 Å². The van der Waals surface area contributed by atoms with Crippen molar-refractivity contribution in [1.29, 1.82) is 0 Å². The number of nitrogens with one attached hydrogen (secondary N) is 1. The second-order valence-corrected chi connectivity index (χ2v) is 4.82. The molecule has 0 saturated heterocycles. The van der Waals surface area contributed by atoms with Crippen LogP contribution in [0.4, 0.5) is 0 Å². The van der Waals surface area contributed by atoms with Crippen LogP contribution in [0.2, 0.25) is 0 Å². The van der Waals surface area contributed by atoms with Gasteiger partial charge in [0.2, 0.25) is 0 Å². The van der Waals surface area contributed by atoms with Gasteiger partial charge in [0.05, 0.1) is 0 Å². The molecule has 0 aliphatic heterocycles. The molecule has 2 rings (SSSR count). The minimum atomic E-state index is 0.890. The van der Waals surface area contributed by atoms with Gasteiger partial charge in [-0.05, 0) is 54.7 Å². The van der Waals surface area contributed by atoms with E-state index in [1.165, 1.54) is 27.8 Å². The quantitative estimate of drug-likeness (QED) is 0.887. The van der Waals surface area contributed by atoms with Crippen molar-refractivity contribution in [3.05, 3.63) is 64.5 Å². The molecule has 0 amide bonds.